The lowest BCUT2D eigenvalue weighted by molar-refractivity contribution is 0.0987. The first-order valence-corrected chi connectivity index (χ1v) is 7.08. The highest BCUT2D eigenvalue weighted by Crippen LogP contribution is 2.16. The predicted molar refractivity (Wildman–Crippen MR) is 80.2 cm³/mol. The Balaban J connectivity index is 1.83. The van der Waals surface area contributed by atoms with E-state index in [1.165, 1.54) is 0 Å². The van der Waals surface area contributed by atoms with Crippen LogP contribution in [0, 0.1) is 11.3 Å². The van der Waals surface area contributed by atoms with Crippen LogP contribution in [0.5, 0.6) is 0 Å². The Morgan fingerprint density at radius 3 is 2.90 bits per heavy atom. The van der Waals surface area contributed by atoms with Gasteiger partial charge >= 0.3 is 6.09 Å². The Bertz CT molecular complexity index is 533. The molecule has 0 unspecified atom stereocenters. The zero-order valence-electron chi connectivity index (χ0n) is 12.2. The molecule has 0 atom stereocenters. The number of hydrogen-bond acceptors (Lipinski definition) is 5. The van der Waals surface area contributed by atoms with Crippen LogP contribution in [0.4, 0.5) is 10.5 Å². The Morgan fingerprint density at radius 2 is 2.24 bits per heavy atom. The van der Waals surface area contributed by atoms with Crippen molar-refractivity contribution in [2.24, 2.45) is 0 Å². The summed E-state index contributed by atoms with van der Waals surface area (Å²) in [6, 6.07) is 7.71. The summed E-state index contributed by atoms with van der Waals surface area (Å²) < 4.78 is 5.29. The highest BCUT2D eigenvalue weighted by molar-refractivity contribution is 5.67. The van der Waals surface area contributed by atoms with E-state index in [-0.39, 0.29) is 6.09 Å². The lowest BCUT2D eigenvalue weighted by Crippen LogP contribution is -2.46. The van der Waals surface area contributed by atoms with E-state index < -0.39 is 0 Å². The maximum Gasteiger partial charge on any atom is 0.409 e. The predicted octanol–water partition coefficient (Wildman–Crippen LogP) is 1.18. The average Bonchev–Trinajstić information content (AvgIpc) is 2.55. The highest BCUT2D eigenvalue weighted by Gasteiger charge is 2.17. The van der Waals surface area contributed by atoms with Crippen LogP contribution < -0.4 is 10.6 Å². The van der Waals surface area contributed by atoms with E-state index in [0.717, 1.165) is 24.3 Å². The number of nitriles is 1. The normalized spacial score (nSPS) is 14.4. The van der Waals surface area contributed by atoms with Crippen LogP contribution in [0.1, 0.15) is 11.1 Å². The van der Waals surface area contributed by atoms with Gasteiger partial charge in [-0.3, -0.25) is 0 Å². The quantitative estimate of drug-likeness (QED) is 0.870. The fourth-order valence-corrected chi connectivity index (χ4v) is 2.25. The van der Waals surface area contributed by atoms with Gasteiger partial charge in [0.1, 0.15) is 6.07 Å². The minimum absolute atomic E-state index is 0.251. The highest BCUT2D eigenvalue weighted by atomic mass is 16.6. The summed E-state index contributed by atoms with van der Waals surface area (Å²) in [5.74, 6) is 0. The molecule has 1 fully saturated rings. The number of ether oxygens (including phenoxy) is 1. The van der Waals surface area contributed by atoms with Gasteiger partial charge in [-0.1, -0.05) is 6.07 Å². The molecular formula is C15H20N4O2. The van der Waals surface area contributed by atoms with Gasteiger partial charge < -0.3 is 20.3 Å². The molecule has 0 aromatic heterocycles. The number of benzene rings is 1. The van der Waals surface area contributed by atoms with E-state index >= 15 is 0 Å². The molecule has 1 aliphatic rings. The molecule has 0 aliphatic carbocycles. The summed E-state index contributed by atoms with van der Waals surface area (Å²) in [4.78, 5) is 13.5. The first-order chi connectivity index (χ1) is 10.2. The van der Waals surface area contributed by atoms with Crippen molar-refractivity contribution in [2.45, 2.75) is 6.42 Å². The number of anilines is 1. The second-order valence-corrected chi connectivity index (χ2v) is 4.84. The second kappa shape index (κ2) is 7.50. The minimum Gasteiger partial charge on any atom is -0.449 e. The number of piperazine rings is 1. The molecule has 0 spiro atoms. The molecular weight excluding hydrogens is 268 g/mol. The lowest BCUT2D eigenvalue weighted by Gasteiger charge is -2.26. The summed E-state index contributed by atoms with van der Waals surface area (Å²) in [6.45, 7) is 3.36. The summed E-state index contributed by atoms with van der Waals surface area (Å²) in [7, 11) is 1.78. The van der Waals surface area contributed by atoms with Gasteiger partial charge in [-0.15, -0.1) is 0 Å². The lowest BCUT2D eigenvalue weighted by atomic mass is 10.1. The molecule has 1 aromatic carbocycles. The number of carbonyl (C=O) groups is 1. The largest absolute Gasteiger partial charge is 0.449 e. The molecule has 112 valence electrons. The van der Waals surface area contributed by atoms with Gasteiger partial charge in [-0.2, -0.15) is 5.26 Å². The number of nitrogens with one attached hydrogen (secondary N) is 2. The van der Waals surface area contributed by atoms with E-state index in [9.17, 15) is 4.79 Å². The van der Waals surface area contributed by atoms with Gasteiger partial charge in [0, 0.05) is 39.6 Å². The average molecular weight is 288 g/mol. The molecule has 0 saturated carbocycles. The number of carbonyl (C=O) groups excluding carboxylic acids is 1. The summed E-state index contributed by atoms with van der Waals surface area (Å²) in [6.07, 6.45) is 0.386. The fourth-order valence-electron chi connectivity index (χ4n) is 2.25. The summed E-state index contributed by atoms with van der Waals surface area (Å²) >= 11 is 0. The molecule has 1 aromatic rings. The van der Waals surface area contributed by atoms with Crippen molar-refractivity contribution >= 4 is 11.8 Å². The molecule has 0 bridgehead atoms. The molecule has 1 aliphatic heterocycles. The van der Waals surface area contributed by atoms with E-state index in [0.29, 0.717) is 31.7 Å². The maximum absolute atomic E-state index is 11.8. The monoisotopic (exact) mass is 288 g/mol. The van der Waals surface area contributed by atoms with Crippen molar-refractivity contribution in [2.75, 3.05) is 45.2 Å². The van der Waals surface area contributed by atoms with Crippen LogP contribution in [0.15, 0.2) is 18.2 Å². The van der Waals surface area contributed by atoms with Gasteiger partial charge in [0.05, 0.1) is 17.9 Å². The topological polar surface area (TPSA) is 77.4 Å². The van der Waals surface area contributed by atoms with Crippen LogP contribution in [-0.2, 0) is 11.2 Å². The number of hydrogen-bond donors (Lipinski definition) is 2. The van der Waals surface area contributed by atoms with Crippen LogP contribution in [0.2, 0.25) is 0 Å². The maximum atomic E-state index is 11.8. The fraction of sp³-hybridized carbons (Fsp3) is 0.467. The number of amides is 1. The van der Waals surface area contributed by atoms with Crippen molar-refractivity contribution in [3.8, 4) is 6.07 Å². The minimum atomic E-state index is -0.251. The molecule has 1 heterocycles. The molecule has 1 saturated heterocycles. The first-order valence-electron chi connectivity index (χ1n) is 7.08. The van der Waals surface area contributed by atoms with E-state index in [2.05, 4.69) is 16.7 Å². The van der Waals surface area contributed by atoms with E-state index in [1.54, 1.807) is 18.0 Å². The third-order valence-electron chi connectivity index (χ3n) is 3.47. The van der Waals surface area contributed by atoms with Crippen LogP contribution >= 0.6 is 0 Å². The molecule has 1 amide bonds. The van der Waals surface area contributed by atoms with Crippen molar-refractivity contribution in [1.29, 1.82) is 5.26 Å². The molecule has 6 nitrogen and oxygen atoms in total. The summed E-state index contributed by atoms with van der Waals surface area (Å²) in [5, 5.41) is 15.1. The Kier molecular flexibility index (Phi) is 5.41. The van der Waals surface area contributed by atoms with E-state index in [4.69, 9.17) is 10.00 Å². The Labute approximate surface area is 124 Å². The zero-order valence-corrected chi connectivity index (χ0v) is 12.2. The molecule has 0 radical (unpaired) electrons. The van der Waals surface area contributed by atoms with Gasteiger partial charge in [0.15, 0.2) is 0 Å². The van der Waals surface area contributed by atoms with Gasteiger partial charge in [-0.25, -0.2) is 4.79 Å². The van der Waals surface area contributed by atoms with Crippen molar-refractivity contribution < 1.29 is 9.53 Å². The first kappa shape index (κ1) is 15.1. The van der Waals surface area contributed by atoms with Crippen molar-refractivity contribution in [3.63, 3.8) is 0 Å². The molecule has 2 rings (SSSR count). The molecule has 2 N–H and O–H groups in total. The van der Waals surface area contributed by atoms with Gasteiger partial charge in [0.25, 0.3) is 0 Å². The second-order valence-electron chi connectivity index (χ2n) is 4.84. The van der Waals surface area contributed by atoms with Crippen LogP contribution in [0.25, 0.3) is 0 Å². The molecule has 6 heteroatoms. The Morgan fingerprint density at radius 1 is 1.48 bits per heavy atom. The van der Waals surface area contributed by atoms with Gasteiger partial charge in [0.2, 0.25) is 0 Å². The molecule has 21 heavy (non-hydrogen) atoms. The number of nitrogens with zero attached hydrogens (tertiary/aromatic N) is 2. The third kappa shape index (κ3) is 4.10. The van der Waals surface area contributed by atoms with Crippen LogP contribution in [0.3, 0.4) is 0 Å². The van der Waals surface area contributed by atoms with Crippen LogP contribution in [-0.4, -0.2) is 50.8 Å². The number of rotatable bonds is 4. The van der Waals surface area contributed by atoms with Gasteiger partial charge in [-0.05, 0) is 17.7 Å². The SMILES string of the molecule is CNc1cc(CCOC(=O)N2CCNCC2)ccc1C#N. The zero-order chi connectivity index (χ0) is 15.1. The third-order valence-corrected chi connectivity index (χ3v) is 3.47. The standard InChI is InChI=1S/C15H20N4O2/c1-17-14-10-12(2-3-13(14)11-16)4-9-21-15(20)19-7-5-18-6-8-19/h2-3,10,17-18H,4-9H2,1H3. The van der Waals surface area contributed by atoms with Crippen molar-refractivity contribution in [3.05, 3.63) is 29.3 Å². The van der Waals surface area contributed by atoms with E-state index in [1.807, 2.05) is 12.1 Å². The summed E-state index contributed by atoms with van der Waals surface area (Å²) in [5.41, 5.74) is 2.44. The van der Waals surface area contributed by atoms with Crippen molar-refractivity contribution in [1.82, 2.24) is 10.2 Å². The Hall–Kier alpha value is -2.26. The smallest absolute Gasteiger partial charge is 0.409 e.